The summed E-state index contributed by atoms with van der Waals surface area (Å²) in [6.07, 6.45) is 1.30. The number of alkyl halides is 1. The number of halogens is 1. The first-order chi connectivity index (χ1) is 21.6. The van der Waals surface area contributed by atoms with Gasteiger partial charge in [-0.2, -0.15) is 0 Å². The van der Waals surface area contributed by atoms with Crippen molar-refractivity contribution in [1.82, 2.24) is 4.90 Å². The molecule has 244 valence electrons. The zero-order valence-electron chi connectivity index (χ0n) is 26.7. The third-order valence-electron chi connectivity index (χ3n) is 9.82. The number of aliphatic hydroxyl groups excluding tert-OH is 1. The van der Waals surface area contributed by atoms with Crippen LogP contribution in [0, 0.1) is 17.8 Å². The molecule has 0 saturated carbocycles. The van der Waals surface area contributed by atoms with Crippen molar-refractivity contribution in [1.29, 1.82) is 0 Å². The minimum atomic E-state index is -0.845. The van der Waals surface area contributed by atoms with Gasteiger partial charge in [-0.25, -0.2) is 0 Å². The quantitative estimate of drug-likeness (QED) is 0.241. The summed E-state index contributed by atoms with van der Waals surface area (Å²) < 4.78 is 4.72. The molecular weight excluding hydrogens is 656 g/mol. The molecule has 5 rings (SSSR count). The maximum absolute atomic E-state index is 14.5. The van der Waals surface area contributed by atoms with Crippen molar-refractivity contribution in [2.24, 2.45) is 17.8 Å². The second-order valence-corrected chi connectivity index (χ2v) is 14.9. The molecular formula is C34H45BrN4O5S. The largest absolute Gasteiger partial charge is 0.494 e. The Morgan fingerprint density at radius 1 is 1.04 bits per heavy atom. The van der Waals surface area contributed by atoms with E-state index in [1.54, 1.807) is 40.9 Å². The van der Waals surface area contributed by atoms with Gasteiger partial charge in [-0.05, 0) is 81.6 Å². The summed E-state index contributed by atoms with van der Waals surface area (Å²) in [4.78, 5) is 46.7. The number of anilines is 3. The molecule has 3 saturated heterocycles. The van der Waals surface area contributed by atoms with E-state index in [1.165, 1.54) is 0 Å². The monoisotopic (exact) mass is 700 g/mol. The highest BCUT2D eigenvalue weighted by molar-refractivity contribution is 9.09. The molecule has 9 nitrogen and oxygen atoms in total. The van der Waals surface area contributed by atoms with Crippen LogP contribution in [0.2, 0.25) is 0 Å². The van der Waals surface area contributed by atoms with E-state index < -0.39 is 28.7 Å². The van der Waals surface area contributed by atoms with E-state index in [1.807, 2.05) is 45.0 Å². The zero-order valence-corrected chi connectivity index (χ0v) is 29.1. The van der Waals surface area contributed by atoms with Crippen LogP contribution in [0.4, 0.5) is 17.1 Å². The third kappa shape index (κ3) is 6.07. The number of ether oxygens (including phenoxy) is 1. The molecule has 45 heavy (non-hydrogen) atoms. The predicted octanol–water partition coefficient (Wildman–Crippen LogP) is 5.38. The van der Waals surface area contributed by atoms with Gasteiger partial charge in [-0.15, -0.1) is 11.8 Å². The average Bonchev–Trinajstić information content (AvgIpc) is 3.63. The van der Waals surface area contributed by atoms with Crippen LogP contribution >= 0.6 is 27.7 Å². The topological polar surface area (TPSA) is 111 Å². The molecule has 0 aromatic heterocycles. The highest BCUT2D eigenvalue weighted by Gasteiger charge is 2.76. The predicted molar refractivity (Wildman–Crippen MR) is 184 cm³/mol. The zero-order chi connectivity index (χ0) is 32.5. The van der Waals surface area contributed by atoms with Gasteiger partial charge < -0.3 is 30.3 Å². The Kier molecular flexibility index (Phi) is 10.4. The Morgan fingerprint density at radius 3 is 2.20 bits per heavy atom. The Labute approximate surface area is 279 Å². The Bertz CT molecular complexity index is 1370. The SMILES string of the molecule is CCOc1ccc(NC(=O)[C@H]2[C@@H]3SC4(CC3Br)C(C(=O)Nc3ccc(N(CC)CC)cc3)N([C@@H](CO)[C@@H](C)CC)C(=O)[C@H]24)cc1. The molecule has 8 atom stereocenters. The standard InChI is InChI=1S/C34H45BrN4O5S/c1-6-20(5)26(19-40)39-30(32(42)37-21-10-14-23(15-11-21)38(7-2)8-3)34-18-25(35)29(45-34)27(28(34)33(39)43)31(41)36-22-12-16-24(17-13-22)44-9-4/h10-17,20,25-30,40H,6-9,18-19H2,1-5H3,(H,36,41)(H,37,42)/t20-,25?,26-,27+,28-,29+,30?,34?/m0/s1. The van der Waals surface area contributed by atoms with Gasteiger partial charge in [0.05, 0.1) is 35.8 Å². The molecule has 3 fully saturated rings. The molecule has 3 aliphatic rings. The van der Waals surface area contributed by atoms with E-state index >= 15 is 0 Å². The Hall–Kier alpha value is -2.76. The van der Waals surface area contributed by atoms with Gasteiger partial charge in [-0.1, -0.05) is 36.2 Å². The Morgan fingerprint density at radius 2 is 1.64 bits per heavy atom. The summed E-state index contributed by atoms with van der Waals surface area (Å²) in [6.45, 7) is 12.2. The summed E-state index contributed by atoms with van der Waals surface area (Å²) in [6, 6.07) is 13.6. The van der Waals surface area contributed by atoms with Crippen molar-refractivity contribution in [3.05, 3.63) is 48.5 Å². The number of nitrogens with one attached hydrogen (secondary N) is 2. The number of thioether (sulfide) groups is 1. The van der Waals surface area contributed by atoms with Crippen LogP contribution in [-0.4, -0.2) is 80.9 Å². The lowest BCUT2D eigenvalue weighted by Gasteiger charge is -2.39. The minimum absolute atomic E-state index is 0.0454. The maximum atomic E-state index is 14.5. The fourth-order valence-electron chi connectivity index (χ4n) is 7.42. The van der Waals surface area contributed by atoms with E-state index in [4.69, 9.17) is 4.74 Å². The number of aliphatic hydroxyl groups is 1. The number of likely N-dealkylation sites (tertiary alicyclic amines) is 1. The van der Waals surface area contributed by atoms with Gasteiger partial charge in [0.15, 0.2) is 0 Å². The van der Waals surface area contributed by atoms with Crippen LogP contribution in [0.25, 0.3) is 0 Å². The molecule has 2 aromatic rings. The van der Waals surface area contributed by atoms with Crippen molar-refractivity contribution in [3.63, 3.8) is 0 Å². The normalized spacial score (nSPS) is 28.0. The van der Waals surface area contributed by atoms with Gasteiger partial charge in [0, 0.05) is 40.2 Å². The van der Waals surface area contributed by atoms with Gasteiger partial charge >= 0.3 is 0 Å². The fourth-order valence-corrected chi connectivity index (χ4v) is 11.0. The van der Waals surface area contributed by atoms with Gasteiger partial charge in [0.1, 0.15) is 11.8 Å². The van der Waals surface area contributed by atoms with E-state index in [9.17, 15) is 19.5 Å². The number of hydrogen-bond acceptors (Lipinski definition) is 7. The number of hydrogen-bond donors (Lipinski definition) is 3. The molecule has 0 aliphatic carbocycles. The summed E-state index contributed by atoms with van der Waals surface area (Å²) >= 11 is 5.42. The highest BCUT2D eigenvalue weighted by atomic mass is 79.9. The van der Waals surface area contributed by atoms with Gasteiger partial charge in [0.25, 0.3) is 0 Å². The number of amides is 3. The molecule has 3 unspecified atom stereocenters. The average molecular weight is 702 g/mol. The summed E-state index contributed by atoms with van der Waals surface area (Å²) in [5, 5.41) is 16.6. The smallest absolute Gasteiger partial charge is 0.248 e. The first-order valence-electron chi connectivity index (χ1n) is 16.1. The second kappa shape index (κ2) is 13.9. The van der Waals surface area contributed by atoms with E-state index in [0.29, 0.717) is 30.2 Å². The summed E-state index contributed by atoms with van der Waals surface area (Å²) in [5.74, 6) is -1.42. The number of carbonyl (C=O) groups is 3. The lowest BCUT2D eigenvalue weighted by Crippen LogP contribution is -2.56. The first-order valence-corrected chi connectivity index (χ1v) is 17.9. The lowest BCUT2D eigenvalue weighted by atomic mass is 9.70. The maximum Gasteiger partial charge on any atom is 0.248 e. The molecule has 3 N–H and O–H groups in total. The highest BCUT2D eigenvalue weighted by Crippen LogP contribution is 2.68. The first kappa shape index (κ1) is 33.6. The van der Waals surface area contributed by atoms with Gasteiger partial charge in [0.2, 0.25) is 17.7 Å². The number of rotatable bonds is 13. The van der Waals surface area contributed by atoms with Crippen LogP contribution in [0.1, 0.15) is 47.5 Å². The molecule has 3 heterocycles. The van der Waals surface area contributed by atoms with Crippen LogP contribution < -0.4 is 20.3 Å². The number of fused-ring (bicyclic) bond motifs is 1. The molecule has 11 heteroatoms. The van der Waals surface area contributed by atoms with Crippen molar-refractivity contribution in [3.8, 4) is 5.75 Å². The second-order valence-electron chi connectivity index (χ2n) is 12.2. The molecule has 0 radical (unpaired) electrons. The third-order valence-corrected chi connectivity index (χ3v) is 13.0. The lowest BCUT2D eigenvalue weighted by molar-refractivity contribution is -0.142. The van der Waals surface area contributed by atoms with Gasteiger partial charge in [-0.3, -0.25) is 14.4 Å². The Balaban J connectivity index is 1.48. The molecule has 3 amide bonds. The van der Waals surface area contributed by atoms with E-state index in [2.05, 4.69) is 45.3 Å². The van der Waals surface area contributed by atoms with Crippen LogP contribution in [0.5, 0.6) is 5.75 Å². The van der Waals surface area contributed by atoms with Crippen LogP contribution in [-0.2, 0) is 14.4 Å². The van der Waals surface area contributed by atoms with Crippen molar-refractivity contribution < 1.29 is 24.2 Å². The van der Waals surface area contributed by atoms with Crippen LogP contribution in [0.3, 0.4) is 0 Å². The molecule has 3 aliphatic heterocycles. The molecule has 1 spiro atoms. The van der Waals surface area contributed by atoms with Crippen molar-refractivity contribution >= 4 is 62.5 Å². The molecule has 2 bridgehead atoms. The summed E-state index contributed by atoms with van der Waals surface area (Å²) in [5.41, 5.74) is 2.33. The number of benzene rings is 2. The van der Waals surface area contributed by atoms with E-state index in [-0.39, 0.29) is 40.3 Å². The minimum Gasteiger partial charge on any atom is -0.494 e. The van der Waals surface area contributed by atoms with Crippen LogP contribution in [0.15, 0.2) is 48.5 Å². The summed E-state index contributed by atoms with van der Waals surface area (Å²) in [7, 11) is 0. The fraction of sp³-hybridized carbons (Fsp3) is 0.559. The molecule has 2 aromatic carbocycles. The number of nitrogens with zero attached hydrogens (tertiary/aromatic N) is 2. The number of carbonyl (C=O) groups excluding carboxylic acids is 3. The van der Waals surface area contributed by atoms with Crippen molar-refractivity contribution in [2.75, 3.05) is 41.8 Å². The van der Waals surface area contributed by atoms with E-state index in [0.717, 1.165) is 25.2 Å². The van der Waals surface area contributed by atoms with Crippen molar-refractivity contribution in [2.45, 2.75) is 74.4 Å².